The molecule has 1 nitrogen and oxygen atoms in total. The molecule has 0 aliphatic heterocycles. The number of likely N-dealkylation sites (N-methyl/N-ethyl adjacent to an activating group) is 1. The minimum absolute atomic E-state index is 0.373. The molecule has 0 aliphatic carbocycles. The average Bonchev–Trinajstić information content (AvgIpc) is 2.41. The van der Waals surface area contributed by atoms with Crippen LogP contribution in [0.2, 0.25) is 0 Å². The summed E-state index contributed by atoms with van der Waals surface area (Å²) in [7, 11) is 2.04. The van der Waals surface area contributed by atoms with Crippen LogP contribution in [0.5, 0.6) is 0 Å². The fraction of sp³-hybridized carbons (Fsp3) is 0.294. The molecule has 1 atom stereocenters. The standard InChI is InChI=1S/C17H20IN/c1-12-4-5-13(2)15(10-12)11-17(19-3)14-6-8-16(18)9-7-14/h4-10,17,19H,11H2,1-3H3. The third kappa shape index (κ3) is 3.80. The van der Waals surface area contributed by atoms with Gasteiger partial charge in [0.25, 0.3) is 0 Å². The Morgan fingerprint density at radius 3 is 2.37 bits per heavy atom. The zero-order valence-electron chi connectivity index (χ0n) is 11.7. The molecule has 2 aromatic rings. The number of halogens is 1. The molecule has 0 heterocycles. The summed E-state index contributed by atoms with van der Waals surface area (Å²) in [6.07, 6.45) is 1.03. The highest BCUT2D eigenvalue weighted by Crippen LogP contribution is 2.22. The van der Waals surface area contributed by atoms with Crippen LogP contribution in [0.3, 0.4) is 0 Å². The third-order valence-electron chi connectivity index (χ3n) is 3.55. The zero-order chi connectivity index (χ0) is 13.8. The van der Waals surface area contributed by atoms with Gasteiger partial charge in [0.1, 0.15) is 0 Å². The number of hydrogen-bond donors (Lipinski definition) is 1. The zero-order valence-corrected chi connectivity index (χ0v) is 13.9. The van der Waals surface area contributed by atoms with Crippen molar-refractivity contribution in [3.8, 4) is 0 Å². The van der Waals surface area contributed by atoms with E-state index in [9.17, 15) is 0 Å². The summed E-state index contributed by atoms with van der Waals surface area (Å²) >= 11 is 2.34. The second kappa shape index (κ2) is 6.53. The minimum atomic E-state index is 0.373. The van der Waals surface area contributed by atoms with E-state index in [2.05, 4.69) is 84.2 Å². The van der Waals surface area contributed by atoms with Crippen LogP contribution in [0.4, 0.5) is 0 Å². The molecule has 2 aromatic carbocycles. The van der Waals surface area contributed by atoms with Crippen molar-refractivity contribution in [3.63, 3.8) is 0 Å². The lowest BCUT2D eigenvalue weighted by atomic mass is 9.95. The molecule has 0 aliphatic rings. The Balaban J connectivity index is 2.23. The van der Waals surface area contributed by atoms with Gasteiger partial charge in [-0.2, -0.15) is 0 Å². The molecule has 2 heteroatoms. The predicted molar refractivity (Wildman–Crippen MR) is 90.6 cm³/mol. The molecule has 0 saturated heterocycles. The average molecular weight is 365 g/mol. The molecule has 19 heavy (non-hydrogen) atoms. The van der Waals surface area contributed by atoms with E-state index in [1.807, 2.05) is 7.05 Å². The molecule has 1 unspecified atom stereocenters. The number of benzene rings is 2. The highest BCUT2D eigenvalue weighted by molar-refractivity contribution is 14.1. The number of aryl methyl sites for hydroxylation is 2. The van der Waals surface area contributed by atoms with Crippen molar-refractivity contribution in [2.75, 3.05) is 7.05 Å². The lowest BCUT2D eigenvalue weighted by Gasteiger charge is -2.18. The van der Waals surface area contributed by atoms with Crippen molar-refractivity contribution in [2.45, 2.75) is 26.3 Å². The number of rotatable bonds is 4. The van der Waals surface area contributed by atoms with Gasteiger partial charge in [-0.05, 0) is 78.7 Å². The topological polar surface area (TPSA) is 12.0 Å². The van der Waals surface area contributed by atoms with E-state index < -0.39 is 0 Å². The van der Waals surface area contributed by atoms with Crippen molar-refractivity contribution in [2.24, 2.45) is 0 Å². The molecule has 2 rings (SSSR count). The fourth-order valence-corrected chi connectivity index (χ4v) is 2.68. The first-order valence-corrected chi connectivity index (χ1v) is 7.67. The summed E-state index contributed by atoms with van der Waals surface area (Å²) in [5.41, 5.74) is 5.48. The van der Waals surface area contributed by atoms with Crippen LogP contribution in [0.15, 0.2) is 42.5 Å². The Morgan fingerprint density at radius 2 is 1.74 bits per heavy atom. The largest absolute Gasteiger partial charge is 0.313 e. The predicted octanol–water partition coefficient (Wildman–Crippen LogP) is 4.41. The molecule has 0 aromatic heterocycles. The van der Waals surface area contributed by atoms with Crippen LogP contribution in [-0.4, -0.2) is 7.05 Å². The monoisotopic (exact) mass is 365 g/mol. The Labute approximate surface area is 129 Å². The van der Waals surface area contributed by atoms with Gasteiger partial charge in [-0.3, -0.25) is 0 Å². The number of hydrogen-bond acceptors (Lipinski definition) is 1. The highest BCUT2D eigenvalue weighted by atomic mass is 127. The quantitative estimate of drug-likeness (QED) is 0.792. The molecule has 1 N–H and O–H groups in total. The van der Waals surface area contributed by atoms with E-state index in [-0.39, 0.29) is 0 Å². The lowest BCUT2D eigenvalue weighted by Crippen LogP contribution is -2.19. The van der Waals surface area contributed by atoms with Crippen LogP contribution >= 0.6 is 22.6 Å². The second-order valence-corrected chi connectivity index (χ2v) is 6.27. The molecule has 0 spiro atoms. The van der Waals surface area contributed by atoms with Crippen molar-refractivity contribution in [3.05, 3.63) is 68.3 Å². The van der Waals surface area contributed by atoms with Gasteiger partial charge in [0, 0.05) is 9.61 Å². The van der Waals surface area contributed by atoms with Crippen molar-refractivity contribution < 1.29 is 0 Å². The van der Waals surface area contributed by atoms with E-state index in [4.69, 9.17) is 0 Å². The van der Waals surface area contributed by atoms with Crippen LogP contribution in [-0.2, 0) is 6.42 Å². The van der Waals surface area contributed by atoms with Gasteiger partial charge in [-0.1, -0.05) is 35.9 Å². The van der Waals surface area contributed by atoms with Gasteiger partial charge in [-0.25, -0.2) is 0 Å². The SMILES string of the molecule is CNC(Cc1cc(C)ccc1C)c1ccc(I)cc1. The maximum absolute atomic E-state index is 3.43. The Hall–Kier alpha value is -0.870. The maximum atomic E-state index is 3.43. The van der Waals surface area contributed by atoms with E-state index in [1.165, 1.54) is 25.8 Å². The van der Waals surface area contributed by atoms with Gasteiger partial charge in [-0.15, -0.1) is 0 Å². The lowest BCUT2D eigenvalue weighted by molar-refractivity contribution is 0.590. The van der Waals surface area contributed by atoms with Crippen molar-refractivity contribution in [1.82, 2.24) is 5.32 Å². The molecule has 0 fully saturated rings. The fourth-order valence-electron chi connectivity index (χ4n) is 2.32. The molecule has 0 radical (unpaired) electrons. The van der Waals surface area contributed by atoms with Crippen LogP contribution < -0.4 is 5.32 Å². The molecular weight excluding hydrogens is 345 g/mol. The first-order chi connectivity index (χ1) is 9.10. The molecule has 0 amide bonds. The van der Waals surface area contributed by atoms with E-state index >= 15 is 0 Å². The normalized spacial score (nSPS) is 12.4. The Morgan fingerprint density at radius 1 is 1.05 bits per heavy atom. The summed E-state index contributed by atoms with van der Waals surface area (Å²) in [6.45, 7) is 4.34. The summed E-state index contributed by atoms with van der Waals surface area (Å²) in [5, 5.41) is 3.43. The minimum Gasteiger partial charge on any atom is -0.313 e. The van der Waals surface area contributed by atoms with Crippen LogP contribution in [0.1, 0.15) is 28.3 Å². The smallest absolute Gasteiger partial charge is 0.0358 e. The first-order valence-electron chi connectivity index (χ1n) is 6.59. The van der Waals surface area contributed by atoms with Gasteiger partial charge in [0.2, 0.25) is 0 Å². The Bertz CT molecular complexity index is 546. The van der Waals surface area contributed by atoms with Crippen molar-refractivity contribution >= 4 is 22.6 Å². The van der Waals surface area contributed by atoms with E-state index in [1.54, 1.807) is 0 Å². The number of nitrogens with one attached hydrogen (secondary N) is 1. The maximum Gasteiger partial charge on any atom is 0.0358 e. The Kier molecular flexibility index (Phi) is 4.99. The van der Waals surface area contributed by atoms with Gasteiger partial charge in [0.05, 0.1) is 0 Å². The molecule has 100 valence electrons. The van der Waals surface area contributed by atoms with Crippen molar-refractivity contribution in [1.29, 1.82) is 0 Å². The summed E-state index contributed by atoms with van der Waals surface area (Å²) in [5.74, 6) is 0. The van der Waals surface area contributed by atoms with E-state index in [0.717, 1.165) is 6.42 Å². The van der Waals surface area contributed by atoms with Gasteiger partial charge >= 0.3 is 0 Å². The molecular formula is C17H20IN. The van der Waals surface area contributed by atoms with Gasteiger partial charge in [0.15, 0.2) is 0 Å². The highest BCUT2D eigenvalue weighted by Gasteiger charge is 2.11. The van der Waals surface area contributed by atoms with Gasteiger partial charge < -0.3 is 5.32 Å². The molecule has 0 bridgehead atoms. The summed E-state index contributed by atoms with van der Waals surface area (Å²) in [6, 6.07) is 15.8. The second-order valence-electron chi connectivity index (χ2n) is 5.03. The van der Waals surface area contributed by atoms with E-state index in [0.29, 0.717) is 6.04 Å². The summed E-state index contributed by atoms with van der Waals surface area (Å²) < 4.78 is 1.28. The summed E-state index contributed by atoms with van der Waals surface area (Å²) in [4.78, 5) is 0. The van der Waals surface area contributed by atoms with Crippen LogP contribution in [0.25, 0.3) is 0 Å². The third-order valence-corrected chi connectivity index (χ3v) is 4.27. The first kappa shape index (κ1) is 14.5. The van der Waals surface area contributed by atoms with Crippen LogP contribution in [0, 0.1) is 17.4 Å². The molecule has 0 saturated carbocycles.